The number of nitrogens with one attached hydrogen (secondary N) is 1. The highest BCUT2D eigenvalue weighted by Gasteiger charge is 2.14. The normalized spacial score (nSPS) is 12.3. The lowest BCUT2D eigenvalue weighted by Crippen LogP contribution is -2.40. The van der Waals surface area contributed by atoms with Crippen molar-refractivity contribution in [1.82, 2.24) is 5.32 Å². The van der Waals surface area contributed by atoms with Crippen LogP contribution in [0.15, 0.2) is 24.3 Å². The topological polar surface area (TPSA) is 38.3 Å². The third-order valence-corrected chi connectivity index (χ3v) is 2.10. The maximum absolute atomic E-state index is 11.6. The first-order valence-corrected chi connectivity index (χ1v) is 5.52. The van der Waals surface area contributed by atoms with Crippen LogP contribution in [0.4, 0.5) is 0 Å². The summed E-state index contributed by atoms with van der Waals surface area (Å²) in [6.45, 7) is 7.60. The van der Waals surface area contributed by atoms with E-state index in [2.05, 4.69) is 5.32 Å². The SMILES string of the molecule is Cc1cccc(O[C@H](C)C(=O)NC(C)C)c1. The summed E-state index contributed by atoms with van der Waals surface area (Å²) in [5.74, 6) is 0.642. The number of amides is 1. The van der Waals surface area contributed by atoms with E-state index in [0.29, 0.717) is 0 Å². The molecular weight excluding hydrogens is 202 g/mol. The first-order valence-electron chi connectivity index (χ1n) is 5.52. The molecule has 3 heteroatoms. The van der Waals surface area contributed by atoms with Gasteiger partial charge in [-0.1, -0.05) is 12.1 Å². The first-order chi connectivity index (χ1) is 7.49. The lowest BCUT2D eigenvalue weighted by Gasteiger charge is -2.16. The van der Waals surface area contributed by atoms with E-state index in [4.69, 9.17) is 4.74 Å². The fraction of sp³-hybridized carbons (Fsp3) is 0.462. The molecule has 1 aromatic rings. The average molecular weight is 221 g/mol. The minimum absolute atomic E-state index is 0.0866. The summed E-state index contributed by atoms with van der Waals surface area (Å²) in [5.41, 5.74) is 1.12. The van der Waals surface area contributed by atoms with Crippen LogP contribution in [0.25, 0.3) is 0 Å². The van der Waals surface area contributed by atoms with E-state index in [9.17, 15) is 4.79 Å². The van der Waals surface area contributed by atoms with E-state index in [1.54, 1.807) is 6.92 Å². The number of carbonyl (C=O) groups is 1. The number of aryl methyl sites for hydroxylation is 1. The number of hydrogen-bond donors (Lipinski definition) is 1. The number of ether oxygens (including phenoxy) is 1. The first kappa shape index (κ1) is 12.6. The van der Waals surface area contributed by atoms with Gasteiger partial charge in [-0.15, -0.1) is 0 Å². The second-order valence-electron chi connectivity index (χ2n) is 4.24. The van der Waals surface area contributed by atoms with Crippen molar-refractivity contribution >= 4 is 5.91 Å². The van der Waals surface area contributed by atoms with Crippen LogP contribution in [0, 0.1) is 6.92 Å². The minimum Gasteiger partial charge on any atom is -0.481 e. The number of carbonyl (C=O) groups excluding carboxylic acids is 1. The summed E-state index contributed by atoms with van der Waals surface area (Å²) < 4.78 is 5.55. The molecule has 0 aromatic heterocycles. The van der Waals surface area contributed by atoms with Crippen LogP contribution < -0.4 is 10.1 Å². The fourth-order valence-electron chi connectivity index (χ4n) is 1.35. The summed E-state index contributed by atoms with van der Waals surface area (Å²) in [5, 5.41) is 2.81. The van der Waals surface area contributed by atoms with Crippen molar-refractivity contribution in [1.29, 1.82) is 0 Å². The third-order valence-electron chi connectivity index (χ3n) is 2.10. The molecule has 0 fully saturated rings. The molecule has 0 saturated carbocycles. The molecule has 1 aromatic carbocycles. The standard InChI is InChI=1S/C13H19NO2/c1-9(2)14-13(15)11(4)16-12-7-5-6-10(3)8-12/h5-9,11H,1-4H3,(H,14,15)/t11-/m1/s1. The van der Waals surface area contributed by atoms with Gasteiger partial charge in [0.25, 0.3) is 5.91 Å². The number of benzene rings is 1. The van der Waals surface area contributed by atoms with Crippen LogP contribution in [0.2, 0.25) is 0 Å². The van der Waals surface area contributed by atoms with Crippen LogP contribution in [0.3, 0.4) is 0 Å². The molecule has 0 aliphatic carbocycles. The van der Waals surface area contributed by atoms with Gasteiger partial charge in [-0.05, 0) is 45.4 Å². The molecule has 0 unspecified atom stereocenters. The molecule has 0 saturated heterocycles. The molecule has 0 bridgehead atoms. The Kier molecular flexibility index (Phi) is 4.35. The zero-order valence-electron chi connectivity index (χ0n) is 10.3. The Bertz CT molecular complexity index is 361. The molecule has 1 rings (SSSR count). The molecular formula is C13H19NO2. The molecule has 88 valence electrons. The highest BCUT2D eigenvalue weighted by atomic mass is 16.5. The summed E-state index contributed by atoms with van der Waals surface area (Å²) in [4.78, 5) is 11.6. The second-order valence-corrected chi connectivity index (χ2v) is 4.24. The zero-order chi connectivity index (χ0) is 12.1. The maximum Gasteiger partial charge on any atom is 0.260 e. The molecule has 1 atom stereocenters. The average Bonchev–Trinajstić information content (AvgIpc) is 2.16. The Labute approximate surface area is 96.8 Å². The third kappa shape index (κ3) is 3.93. The van der Waals surface area contributed by atoms with Gasteiger partial charge in [-0.2, -0.15) is 0 Å². The molecule has 16 heavy (non-hydrogen) atoms. The van der Waals surface area contributed by atoms with E-state index in [0.717, 1.165) is 11.3 Å². The molecule has 0 spiro atoms. The van der Waals surface area contributed by atoms with Crippen molar-refractivity contribution in [3.63, 3.8) is 0 Å². The van der Waals surface area contributed by atoms with Crippen molar-refractivity contribution < 1.29 is 9.53 Å². The maximum atomic E-state index is 11.6. The van der Waals surface area contributed by atoms with Crippen molar-refractivity contribution in [2.75, 3.05) is 0 Å². The van der Waals surface area contributed by atoms with Gasteiger partial charge in [-0.25, -0.2) is 0 Å². The quantitative estimate of drug-likeness (QED) is 0.847. The van der Waals surface area contributed by atoms with E-state index >= 15 is 0 Å². The second kappa shape index (κ2) is 5.54. The molecule has 3 nitrogen and oxygen atoms in total. The summed E-state index contributed by atoms with van der Waals surface area (Å²) in [7, 11) is 0. The predicted molar refractivity (Wildman–Crippen MR) is 64.5 cm³/mol. The van der Waals surface area contributed by atoms with Crippen molar-refractivity contribution in [2.24, 2.45) is 0 Å². The van der Waals surface area contributed by atoms with Gasteiger partial charge < -0.3 is 10.1 Å². The molecule has 0 radical (unpaired) electrons. The van der Waals surface area contributed by atoms with E-state index in [-0.39, 0.29) is 11.9 Å². The van der Waals surface area contributed by atoms with Crippen molar-refractivity contribution in [2.45, 2.75) is 39.8 Å². The van der Waals surface area contributed by atoms with Crippen LogP contribution in [0.1, 0.15) is 26.3 Å². The van der Waals surface area contributed by atoms with Gasteiger partial charge in [0.15, 0.2) is 6.10 Å². The Morgan fingerprint density at radius 1 is 1.31 bits per heavy atom. The van der Waals surface area contributed by atoms with Gasteiger partial charge >= 0.3 is 0 Å². The zero-order valence-corrected chi connectivity index (χ0v) is 10.3. The van der Waals surface area contributed by atoms with Crippen LogP contribution in [-0.2, 0) is 4.79 Å². The van der Waals surface area contributed by atoms with Gasteiger partial charge in [-0.3, -0.25) is 4.79 Å². The monoisotopic (exact) mass is 221 g/mol. The van der Waals surface area contributed by atoms with E-state index in [1.165, 1.54) is 0 Å². The van der Waals surface area contributed by atoms with E-state index in [1.807, 2.05) is 45.0 Å². The highest BCUT2D eigenvalue weighted by Crippen LogP contribution is 2.14. The molecule has 0 heterocycles. The van der Waals surface area contributed by atoms with Gasteiger partial charge in [0.05, 0.1) is 0 Å². The van der Waals surface area contributed by atoms with Gasteiger partial charge in [0.2, 0.25) is 0 Å². The molecule has 0 aliphatic rings. The Morgan fingerprint density at radius 3 is 2.56 bits per heavy atom. The van der Waals surface area contributed by atoms with Crippen LogP contribution >= 0.6 is 0 Å². The number of hydrogen-bond acceptors (Lipinski definition) is 2. The van der Waals surface area contributed by atoms with E-state index < -0.39 is 6.10 Å². The highest BCUT2D eigenvalue weighted by molar-refractivity contribution is 5.80. The Balaban J connectivity index is 2.57. The molecule has 1 amide bonds. The van der Waals surface area contributed by atoms with Crippen LogP contribution in [-0.4, -0.2) is 18.1 Å². The lowest BCUT2D eigenvalue weighted by atomic mass is 10.2. The lowest BCUT2D eigenvalue weighted by molar-refractivity contribution is -0.127. The fourth-order valence-corrected chi connectivity index (χ4v) is 1.35. The Hall–Kier alpha value is -1.51. The van der Waals surface area contributed by atoms with Crippen LogP contribution in [0.5, 0.6) is 5.75 Å². The Morgan fingerprint density at radius 2 is 2.00 bits per heavy atom. The summed E-state index contributed by atoms with van der Waals surface area (Å²) >= 11 is 0. The largest absolute Gasteiger partial charge is 0.481 e. The molecule has 0 aliphatic heterocycles. The predicted octanol–water partition coefficient (Wildman–Crippen LogP) is 2.29. The minimum atomic E-state index is -0.468. The number of rotatable bonds is 4. The van der Waals surface area contributed by atoms with Crippen molar-refractivity contribution in [3.05, 3.63) is 29.8 Å². The smallest absolute Gasteiger partial charge is 0.260 e. The summed E-state index contributed by atoms with van der Waals surface area (Å²) in [6, 6.07) is 7.81. The molecule has 1 N–H and O–H groups in total. The van der Waals surface area contributed by atoms with Gasteiger partial charge in [0.1, 0.15) is 5.75 Å². The summed E-state index contributed by atoms with van der Waals surface area (Å²) in [6.07, 6.45) is -0.468. The van der Waals surface area contributed by atoms with Crippen molar-refractivity contribution in [3.8, 4) is 5.75 Å². The van der Waals surface area contributed by atoms with Gasteiger partial charge in [0, 0.05) is 6.04 Å².